The van der Waals surface area contributed by atoms with Crippen LogP contribution in [-0.2, 0) is 90.6 Å². The van der Waals surface area contributed by atoms with Gasteiger partial charge in [-0.15, -0.1) is 0 Å². The third-order valence-corrected chi connectivity index (χ3v) is 21.4. The van der Waals surface area contributed by atoms with Gasteiger partial charge in [-0.1, -0.05) is 190 Å². The standard InChI is InChI=1S/C62H74N6O15Si/c1-38(2)62(3,4)84(6,7)83-61-55(82-60-47(66-68-64)51(72-34-40-25-15-9-16-26-40)49-45(77-60)37-75-58(79-49)43-31-21-12-22-32-43)52(73-35-41-27-17-10-18-28-41)53(54(81-61)56(69)70-5)80-59-46(65-67-63)50(71-33-39-23-13-8-14-24-39)48-44(76-59)36-74-57(78-48)42-29-19-11-20-30-42/h8-32,38,44-55,57-61H,33-37H2,1-7H3/t44-,45-,46-,47-,48-,49-,50-,51-,52+,53+,54-,55-,57-,58-,59-,60-,61-/m1/s1. The number of methoxy groups -OCH3 is 1. The summed E-state index contributed by atoms with van der Waals surface area (Å²) in [5.74, 6) is -0.717. The van der Waals surface area contributed by atoms with Crippen LogP contribution >= 0.6 is 0 Å². The van der Waals surface area contributed by atoms with Gasteiger partial charge in [-0.05, 0) is 51.8 Å². The van der Waals surface area contributed by atoms with Crippen molar-refractivity contribution in [3.05, 3.63) is 200 Å². The van der Waals surface area contributed by atoms with Crippen LogP contribution in [0.4, 0.5) is 0 Å². The monoisotopic (exact) mass is 1170 g/mol. The number of carbonyl (C=O) groups is 1. The zero-order valence-corrected chi connectivity index (χ0v) is 49.2. The predicted octanol–water partition coefficient (Wildman–Crippen LogP) is 11.1. The number of ether oxygens (including phenoxy) is 13. The molecule has 17 atom stereocenters. The lowest BCUT2D eigenvalue weighted by Crippen LogP contribution is -2.69. The van der Waals surface area contributed by atoms with Gasteiger partial charge in [0.15, 0.2) is 45.9 Å². The molecule has 5 aliphatic heterocycles. The molecule has 0 spiro atoms. The highest BCUT2D eigenvalue weighted by atomic mass is 28.4. The highest BCUT2D eigenvalue weighted by molar-refractivity contribution is 6.74. The summed E-state index contributed by atoms with van der Waals surface area (Å²) in [6, 6.07) is 45.0. The summed E-state index contributed by atoms with van der Waals surface area (Å²) in [6.07, 6.45) is -17.2. The van der Waals surface area contributed by atoms with Crippen molar-refractivity contribution in [3.8, 4) is 0 Å². The first-order valence-electron chi connectivity index (χ1n) is 28.5. The average molecular weight is 1170 g/mol. The number of benzene rings is 5. The molecule has 0 aromatic heterocycles. The fraction of sp³-hybridized carbons (Fsp3) is 0.500. The summed E-state index contributed by atoms with van der Waals surface area (Å²) in [5, 5.41) is 8.27. The number of fused-ring (bicyclic) bond motifs is 2. The van der Waals surface area contributed by atoms with Gasteiger partial charge in [0.25, 0.3) is 0 Å². The number of esters is 1. The van der Waals surface area contributed by atoms with Crippen molar-refractivity contribution >= 4 is 14.3 Å². The second kappa shape index (κ2) is 27.9. The largest absolute Gasteiger partial charge is 0.467 e. The summed E-state index contributed by atoms with van der Waals surface area (Å²) >= 11 is 0. The molecule has 5 aromatic carbocycles. The second-order valence-corrected chi connectivity index (χ2v) is 27.3. The van der Waals surface area contributed by atoms with E-state index in [1.807, 2.05) is 152 Å². The second-order valence-electron chi connectivity index (χ2n) is 22.8. The minimum Gasteiger partial charge on any atom is -0.467 e. The Labute approximate surface area is 490 Å². The third-order valence-electron chi connectivity index (χ3n) is 16.9. The van der Waals surface area contributed by atoms with Crippen molar-refractivity contribution in [2.45, 2.75) is 170 Å². The van der Waals surface area contributed by atoms with E-state index in [-0.39, 0.29) is 39.0 Å². The maximum Gasteiger partial charge on any atom is 0.337 e. The first-order chi connectivity index (χ1) is 40.8. The van der Waals surface area contributed by atoms with Gasteiger partial charge in [-0.25, -0.2) is 4.79 Å². The Kier molecular flexibility index (Phi) is 20.3. The van der Waals surface area contributed by atoms with E-state index in [1.54, 1.807) is 0 Å². The summed E-state index contributed by atoms with van der Waals surface area (Å²) in [6.45, 7) is 12.9. The number of rotatable bonds is 22. The van der Waals surface area contributed by atoms with Crippen molar-refractivity contribution in [1.82, 2.24) is 0 Å². The number of carbonyl (C=O) groups excluding carboxylic acids is 1. The van der Waals surface area contributed by atoms with Crippen molar-refractivity contribution < 1.29 is 70.8 Å². The van der Waals surface area contributed by atoms with Gasteiger partial charge in [0.05, 0.1) is 40.1 Å². The molecule has 5 saturated heterocycles. The molecule has 5 aromatic rings. The summed E-state index contributed by atoms with van der Waals surface area (Å²) in [7, 11) is -1.75. The van der Waals surface area contributed by atoms with Crippen molar-refractivity contribution in [1.29, 1.82) is 0 Å². The van der Waals surface area contributed by atoms with Gasteiger partial charge in [0.2, 0.25) is 0 Å². The van der Waals surface area contributed by atoms with Crippen LogP contribution in [0.15, 0.2) is 162 Å². The molecule has 5 heterocycles. The van der Waals surface area contributed by atoms with E-state index in [4.69, 9.17) is 66.0 Å². The molecule has 5 fully saturated rings. The molecule has 0 amide bonds. The van der Waals surface area contributed by atoms with Gasteiger partial charge >= 0.3 is 5.97 Å². The molecular weight excluding hydrogens is 1100 g/mol. The first-order valence-corrected chi connectivity index (χ1v) is 31.4. The molecule has 446 valence electrons. The molecule has 0 aliphatic carbocycles. The Balaban J connectivity index is 1.06. The normalized spacial score (nSPS) is 31.5. The third kappa shape index (κ3) is 13.9. The van der Waals surface area contributed by atoms with E-state index in [1.165, 1.54) is 7.11 Å². The van der Waals surface area contributed by atoms with Crippen LogP contribution in [-0.4, -0.2) is 127 Å². The Morgan fingerprint density at radius 2 is 0.952 bits per heavy atom. The number of nitrogens with zero attached hydrogens (tertiary/aromatic N) is 6. The SMILES string of the molecule is COC(=O)[C@@H]1O[C@H](O[Si](C)(C)C(C)(C)C(C)C)[C@H](O[C@H]2O[C@@H]3CO[C@@H](c4ccccc4)O[C@H]3[C@H](OCc3ccccc3)[C@H]2N=[N+]=[N-])[C@@H](OCc2ccccc2)[C@@H]1O[C@H]1O[C@@H]2CO[C@@H](c3ccccc3)O[C@H]2[C@H](OCc2ccccc2)[C@H]1N=[N+]=[N-]. The van der Waals surface area contributed by atoms with Crippen LogP contribution in [0.1, 0.15) is 68.1 Å². The van der Waals surface area contributed by atoms with Gasteiger partial charge < -0.3 is 66.0 Å². The van der Waals surface area contributed by atoms with Gasteiger partial charge in [0.1, 0.15) is 67.0 Å². The molecule has 0 unspecified atom stereocenters. The lowest BCUT2D eigenvalue weighted by molar-refractivity contribution is -0.389. The Hall–Kier alpha value is -6.11. The highest BCUT2D eigenvalue weighted by Gasteiger charge is 2.61. The number of hydrogen-bond acceptors (Lipinski definition) is 17. The molecular formula is C62H74N6O15Si. The van der Waals surface area contributed by atoms with E-state index >= 15 is 0 Å². The van der Waals surface area contributed by atoms with Gasteiger partial charge in [-0.2, -0.15) is 0 Å². The zero-order chi connectivity index (χ0) is 58.8. The summed E-state index contributed by atoms with van der Waals surface area (Å²) in [4.78, 5) is 21.3. The number of hydrogen-bond donors (Lipinski definition) is 0. The first kappa shape index (κ1) is 61.0. The van der Waals surface area contributed by atoms with Crippen LogP contribution in [0, 0.1) is 5.92 Å². The predicted molar refractivity (Wildman–Crippen MR) is 306 cm³/mol. The van der Waals surface area contributed by atoms with Crippen molar-refractivity contribution in [2.75, 3.05) is 20.3 Å². The lowest BCUT2D eigenvalue weighted by Gasteiger charge is -2.53. The fourth-order valence-corrected chi connectivity index (χ4v) is 13.6. The van der Waals surface area contributed by atoms with E-state index in [2.05, 4.69) is 60.8 Å². The number of azide groups is 2. The minimum absolute atomic E-state index is 0.00974. The zero-order valence-electron chi connectivity index (χ0n) is 48.2. The van der Waals surface area contributed by atoms with Crippen LogP contribution in [0.5, 0.6) is 0 Å². The molecule has 22 heteroatoms. The molecule has 0 N–H and O–H groups in total. The Morgan fingerprint density at radius 3 is 1.35 bits per heavy atom. The van der Waals surface area contributed by atoms with E-state index in [0.29, 0.717) is 0 Å². The molecule has 84 heavy (non-hydrogen) atoms. The van der Waals surface area contributed by atoms with Crippen LogP contribution in [0.25, 0.3) is 20.9 Å². The summed E-state index contributed by atoms with van der Waals surface area (Å²) in [5.41, 5.74) is 24.9. The molecule has 10 rings (SSSR count). The average Bonchev–Trinajstić information content (AvgIpc) is 1.44. The Bertz CT molecular complexity index is 2990. The summed E-state index contributed by atoms with van der Waals surface area (Å²) < 4.78 is 94.8. The smallest absolute Gasteiger partial charge is 0.337 e. The van der Waals surface area contributed by atoms with Crippen molar-refractivity contribution in [2.24, 2.45) is 16.1 Å². The molecule has 0 radical (unpaired) electrons. The highest BCUT2D eigenvalue weighted by Crippen LogP contribution is 2.48. The Morgan fingerprint density at radius 1 is 0.560 bits per heavy atom. The lowest BCUT2D eigenvalue weighted by atomic mass is 9.94. The van der Waals surface area contributed by atoms with E-state index < -0.39 is 124 Å². The topological polar surface area (TPSA) is 244 Å². The van der Waals surface area contributed by atoms with Gasteiger partial charge in [-0.3, -0.25) is 0 Å². The van der Waals surface area contributed by atoms with Crippen molar-refractivity contribution in [3.63, 3.8) is 0 Å². The molecule has 0 bridgehead atoms. The van der Waals surface area contributed by atoms with Crippen LogP contribution in [0.2, 0.25) is 18.1 Å². The van der Waals surface area contributed by atoms with E-state index in [9.17, 15) is 15.9 Å². The van der Waals surface area contributed by atoms with Crippen LogP contribution in [0.3, 0.4) is 0 Å². The maximum absolute atomic E-state index is 14.7. The minimum atomic E-state index is -2.99. The quantitative estimate of drug-likeness (QED) is 0.0206. The molecule has 21 nitrogen and oxygen atoms in total. The van der Waals surface area contributed by atoms with Crippen LogP contribution < -0.4 is 0 Å². The fourth-order valence-electron chi connectivity index (χ4n) is 11.1. The molecule has 5 aliphatic rings. The van der Waals surface area contributed by atoms with Gasteiger partial charge in [0, 0.05) is 21.0 Å². The maximum atomic E-state index is 14.7. The molecule has 0 saturated carbocycles. The van der Waals surface area contributed by atoms with E-state index in [0.717, 1.165) is 27.8 Å².